The molecule has 0 unspecified atom stereocenters. The molecule has 4 rings (SSSR count). The predicted molar refractivity (Wildman–Crippen MR) is 152 cm³/mol. The lowest BCUT2D eigenvalue weighted by Gasteiger charge is -2.05. The molecule has 0 aliphatic rings. The first-order chi connectivity index (χ1) is 19.4. The molecular formula is C29H34N4O8. The highest BCUT2D eigenvalue weighted by molar-refractivity contribution is 5.84. The Hall–Kier alpha value is -4.91. The largest absolute Gasteiger partial charge is 0.508 e. The second-order valence-electron chi connectivity index (χ2n) is 9.14. The Morgan fingerprint density at radius 1 is 0.610 bits per heavy atom. The van der Waals surface area contributed by atoms with Crippen LogP contribution in [-0.2, 0) is 33.6 Å². The number of carbonyl (C=O) groups is 3. The molecule has 12 heteroatoms. The minimum absolute atomic E-state index is 0.160. The van der Waals surface area contributed by atoms with Crippen molar-refractivity contribution in [2.45, 2.75) is 37.4 Å². The van der Waals surface area contributed by atoms with Gasteiger partial charge in [0.05, 0.1) is 0 Å². The fourth-order valence-electron chi connectivity index (χ4n) is 3.57. The summed E-state index contributed by atoms with van der Waals surface area (Å²) in [5, 5.41) is 44.7. The number of hydrogen-bond acceptors (Lipinski definition) is 8. The number of nitrogens with two attached hydrogens (primary N) is 3. The topological polar surface area (TPSA) is 246 Å². The van der Waals surface area contributed by atoms with Gasteiger partial charge in [-0.1, -0.05) is 42.5 Å². The van der Waals surface area contributed by atoms with E-state index >= 15 is 0 Å². The number of aromatic nitrogens is 1. The maximum Gasteiger partial charge on any atom is 0.320 e. The van der Waals surface area contributed by atoms with Crippen molar-refractivity contribution in [2.75, 3.05) is 0 Å². The van der Waals surface area contributed by atoms with Crippen LogP contribution >= 0.6 is 0 Å². The van der Waals surface area contributed by atoms with E-state index in [-0.39, 0.29) is 24.3 Å². The molecule has 0 aliphatic heterocycles. The number of rotatable bonds is 9. The first kappa shape index (κ1) is 32.3. The number of hydrogen-bond donors (Lipinski definition) is 9. The van der Waals surface area contributed by atoms with E-state index in [0.717, 1.165) is 27.6 Å². The van der Waals surface area contributed by atoms with Crippen LogP contribution in [0.25, 0.3) is 10.9 Å². The van der Waals surface area contributed by atoms with Gasteiger partial charge in [0.2, 0.25) is 0 Å². The van der Waals surface area contributed by atoms with Crippen LogP contribution in [0.4, 0.5) is 0 Å². The van der Waals surface area contributed by atoms with E-state index in [2.05, 4.69) is 4.98 Å². The number of aromatic hydroxyl groups is 2. The summed E-state index contributed by atoms with van der Waals surface area (Å²) >= 11 is 0. The molecule has 0 saturated carbocycles. The SMILES string of the molecule is N[C@@H](Cc1c[nH]c2ccccc12)C(=O)O.N[C@@H](Cc1ccc(O)cc1)C(=O)O.N[C@@H](Cc1ccc(O)cc1)C(=O)O. The van der Waals surface area contributed by atoms with Gasteiger partial charge in [-0.3, -0.25) is 14.4 Å². The molecule has 0 bridgehead atoms. The smallest absolute Gasteiger partial charge is 0.320 e. The van der Waals surface area contributed by atoms with Gasteiger partial charge >= 0.3 is 17.9 Å². The van der Waals surface area contributed by atoms with Crippen molar-refractivity contribution in [1.29, 1.82) is 0 Å². The number of phenolic OH excluding ortho intramolecular Hbond substituents is 2. The Labute approximate surface area is 235 Å². The molecule has 0 spiro atoms. The number of phenols is 2. The van der Waals surface area contributed by atoms with Crippen LogP contribution in [0.5, 0.6) is 11.5 Å². The van der Waals surface area contributed by atoms with Gasteiger partial charge in [0.25, 0.3) is 0 Å². The van der Waals surface area contributed by atoms with Crippen LogP contribution in [0.2, 0.25) is 0 Å². The number of carboxylic acids is 3. The molecule has 0 radical (unpaired) electrons. The second-order valence-corrected chi connectivity index (χ2v) is 9.14. The van der Waals surface area contributed by atoms with Gasteiger partial charge in [-0.05, 0) is 59.9 Å². The van der Waals surface area contributed by atoms with Crippen LogP contribution in [0.15, 0.2) is 79.0 Å². The highest BCUT2D eigenvalue weighted by Gasteiger charge is 2.14. The van der Waals surface area contributed by atoms with E-state index < -0.39 is 36.0 Å². The molecule has 0 aliphatic carbocycles. The third-order valence-corrected chi connectivity index (χ3v) is 5.85. The highest BCUT2D eigenvalue weighted by atomic mass is 16.4. The molecule has 12 N–H and O–H groups in total. The number of benzene rings is 3. The van der Waals surface area contributed by atoms with Crippen molar-refractivity contribution in [3.8, 4) is 11.5 Å². The van der Waals surface area contributed by atoms with Crippen LogP contribution in [0, 0.1) is 0 Å². The van der Waals surface area contributed by atoms with Crippen LogP contribution in [0.3, 0.4) is 0 Å². The minimum Gasteiger partial charge on any atom is -0.508 e. The summed E-state index contributed by atoms with van der Waals surface area (Å²) in [6, 6.07) is 17.8. The fourth-order valence-corrected chi connectivity index (χ4v) is 3.57. The molecule has 0 saturated heterocycles. The summed E-state index contributed by atoms with van der Waals surface area (Å²) in [4.78, 5) is 34.5. The van der Waals surface area contributed by atoms with E-state index in [4.69, 9.17) is 42.7 Å². The Morgan fingerprint density at radius 2 is 1.00 bits per heavy atom. The standard InChI is InChI=1S/C11H12N2O2.2C9H11NO3/c12-9(11(14)15)5-7-6-13-10-4-2-1-3-8(7)10;2*10-8(9(12)13)5-6-1-3-7(11)4-2-6/h1-4,6,9,13H,5,12H2,(H,14,15);2*1-4,8,11H,5,10H2,(H,12,13)/t9-;2*8-/m000/s1. The first-order valence-electron chi connectivity index (χ1n) is 12.4. The van der Waals surface area contributed by atoms with Crippen molar-refractivity contribution in [2.24, 2.45) is 17.2 Å². The summed E-state index contributed by atoms with van der Waals surface area (Å²) < 4.78 is 0. The van der Waals surface area contributed by atoms with Crippen molar-refractivity contribution >= 4 is 28.8 Å². The average Bonchev–Trinajstić information content (AvgIpc) is 3.34. The molecule has 3 atom stereocenters. The van der Waals surface area contributed by atoms with Gasteiger partial charge in [-0.25, -0.2) is 0 Å². The summed E-state index contributed by atoms with van der Waals surface area (Å²) in [5.74, 6) is -2.69. The molecule has 4 aromatic rings. The van der Waals surface area contributed by atoms with E-state index in [0.29, 0.717) is 6.42 Å². The number of para-hydroxylation sites is 1. The Bertz CT molecular complexity index is 1360. The number of aromatic amines is 1. The summed E-state index contributed by atoms with van der Waals surface area (Å²) in [6.07, 6.45) is 2.71. The second kappa shape index (κ2) is 15.6. The first-order valence-corrected chi connectivity index (χ1v) is 12.4. The highest BCUT2D eigenvalue weighted by Crippen LogP contribution is 2.18. The van der Waals surface area contributed by atoms with Crippen LogP contribution in [0.1, 0.15) is 16.7 Å². The summed E-state index contributed by atoms with van der Waals surface area (Å²) in [5.41, 5.74) is 19.7. The third kappa shape index (κ3) is 11.0. The molecule has 0 amide bonds. The van der Waals surface area contributed by atoms with Crippen molar-refractivity contribution in [3.05, 3.63) is 95.7 Å². The average molecular weight is 567 g/mol. The van der Waals surface area contributed by atoms with E-state index in [1.165, 1.54) is 24.3 Å². The van der Waals surface area contributed by atoms with Crippen LogP contribution in [-0.4, -0.2) is 66.6 Å². The molecule has 0 fully saturated rings. The van der Waals surface area contributed by atoms with Gasteiger partial charge in [-0.15, -0.1) is 0 Å². The quantitative estimate of drug-likeness (QED) is 0.141. The van der Waals surface area contributed by atoms with Crippen molar-refractivity contribution in [1.82, 2.24) is 4.98 Å². The molecule has 12 nitrogen and oxygen atoms in total. The lowest BCUT2D eigenvalue weighted by atomic mass is 10.1. The molecule has 218 valence electrons. The molecular weight excluding hydrogens is 532 g/mol. The predicted octanol–water partition coefficient (Wildman–Crippen LogP) is 1.82. The zero-order chi connectivity index (χ0) is 30.5. The summed E-state index contributed by atoms with van der Waals surface area (Å²) in [6.45, 7) is 0. The van der Waals surface area contributed by atoms with Gasteiger partial charge < -0.3 is 47.7 Å². The number of H-pyrrole nitrogens is 1. The molecule has 3 aromatic carbocycles. The maximum absolute atomic E-state index is 10.6. The Morgan fingerprint density at radius 3 is 1.41 bits per heavy atom. The molecule has 1 aromatic heterocycles. The zero-order valence-corrected chi connectivity index (χ0v) is 22.1. The Kier molecular flexibility index (Phi) is 12.3. The number of nitrogens with one attached hydrogen (secondary N) is 1. The van der Waals surface area contributed by atoms with E-state index in [9.17, 15) is 14.4 Å². The van der Waals surface area contributed by atoms with Gasteiger partial charge in [0.1, 0.15) is 29.6 Å². The molecule has 1 heterocycles. The third-order valence-electron chi connectivity index (χ3n) is 5.85. The van der Waals surface area contributed by atoms with Crippen molar-refractivity contribution in [3.63, 3.8) is 0 Å². The maximum atomic E-state index is 10.6. The zero-order valence-electron chi connectivity index (χ0n) is 22.1. The van der Waals surface area contributed by atoms with Crippen LogP contribution < -0.4 is 17.2 Å². The fraction of sp³-hybridized carbons (Fsp3) is 0.207. The lowest BCUT2D eigenvalue weighted by molar-refractivity contribution is -0.139. The van der Waals surface area contributed by atoms with E-state index in [1.54, 1.807) is 24.3 Å². The number of carboxylic acid groups (broad SMARTS) is 3. The number of fused-ring (bicyclic) bond motifs is 1. The monoisotopic (exact) mass is 566 g/mol. The lowest BCUT2D eigenvalue weighted by Crippen LogP contribution is -2.32. The Balaban J connectivity index is 0.000000216. The summed E-state index contributed by atoms with van der Waals surface area (Å²) in [7, 11) is 0. The van der Waals surface area contributed by atoms with Gasteiger partial charge in [0, 0.05) is 23.5 Å². The van der Waals surface area contributed by atoms with Crippen molar-refractivity contribution < 1.29 is 39.9 Å². The van der Waals surface area contributed by atoms with Gasteiger partial charge in [0.15, 0.2) is 0 Å². The van der Waals surface area contributed by atoms with Gasteiger partial charge in [-0.2, -0.15) is 0 Å². The van der Waals surface area contributed by atoms with E-state index in [1.807, 2.05) is 30.5 Å². The number of aliphatic carboxylic acids is 3. The minimum atomic E-state index is -1.02. The molecule has 41 heavy (non-hydrogen) atoms. The normalized spacial score (nSPS) is 12.6.